The molecule has 0 saturated heterocycles. The molecule has 102 valence electrons. The fourth-order valence-corrected chi connectivity index (χ4v) is 3.75. The largest absolute Gasteiger partial charge is 0.488 e. The Morgan fingerprint density at radius 2 is 1.90 bits per heavy atom. The van der Waals surface area contributed by atoms with E-state index in [1.807, 2.05) is 18.2 Å². The van der Waals surface area contributed by atoms with Crippen LogP contribution in [0.3, 0.4) is 0 Å². The van der Waals surface area contributed by atoms with Crippen molar-refractivity contribution in [3.63, 3.8) is 0 Å². The number of fused-ring (bicyclic) bond motifs is 1. The highest BCUT2D eigenvalue weighted by Crippen LogP contribution is 2.31. The Hall–Kier alpha value is -1.03. The van der Waals surface area contributed by atoms with Crippen LogP contribution in [0.1, 0.15) is 10.4 Å². The lowest BCUT2D eigenvalue weighted by atomic mass is 10.0. The number of ether oxygens (including phenoxy) is 1. The van der Waals surface area contributed by atoms with Crippen molar-refractivity contribution in [2.45, 2.75) is 11.9 Å². The van der Waals surface area contributed by atoms with Crippen LogP contribution in [0.4, 0.5) is 0 Å². The first-order valence-corrected chi connectivity index (χ1v) is 8.53. The summed E-state index contributed by atoms with van der Waals surface area (Å²) in [6.45, 7) is 0.551. The average Bonchev–Trinajstić information content (AvgIpc) is 2.90. The first kappa shape index (κ1) is 13.9. The van der Waals surface area contributed by atoms with Gasteiger partial charge < -0.3 is 4.74 Å². The quantitative estimate of drug-likeness (QED) is 0.512. The second-order valence-corrected chi connectivity index (χ2v) is 6.75. The second-order valence-electron chi connectivity index (χ2n) is 4.39. The van der Waals surface area contributed by atoms with Gasteiger partial charge >= 0.3 is 0 Å². The van der Waals surface area contributed by atoms with Crippen LogP contribution in [0.15, 0.2) is 48.5 Å². The molecule has 0 aliphatic rings. The summed E-state index contributed by atoms with van der Waals surface area (Å²) in [7, 11) is 0. The van der Waals surface area contributed by atoms with Gasteiger partial charge in [-0.1, -0.05) is 57.9 Å². The van der Waals surface area contributed by atoms with Crippen LogP contribution in [0, 0.1) is 0 Å². The van der Waals surface area contributed by atoms with E-state index in [2.05, 4.69) is 46.3 Å². The van der Waals surface area contributed by atoms with Gasteiger partial charge in [0.05, 0.1) is 4.34 Å². The number of halogens is 2. The fourth-order valence-electron chi connectivity index (χ4n) is 2.17. The number of hydrogen-bond acceptors (Lipinski definition) is 2. The van der Waals surface area contributed by atoms with Crippen molar-refractivity contribution < 1.29 is 4.74 Å². The minimum Gasteiger partial charge on any atom is -0.488 e. The molecule has 1 heterocycles. The molecule has 4 heteroatoms. The van der Waals surface area contributed by atoms with Crippen LogP contribution in [0.25, 0.3) is 10.8 Å². The molecule has 0 fully saturated rings. The summed E-state index contributed by atoms with van der Waals surface area (Å²) in [5.74, 6) is 0.921. The normalized spacial score (nSPS) is 10.9. The lowest BCUT2D eigenvalue weighted by molar-refractivity contribution is 0.308. The minimum atomic E-state index is 0.551. The smallest absolute Gasteiger partial charge is 0.124 e. The Labute approximate surface area is 135 Å². The molecule has 3 rings (SSSR count). The molecular weight excluding hydrogens is 356 g/mol. The standard InChI is InChI=1S/C16H12BrClOS/c17-9-14-13-4-2-1-3-11(13)5-7-15(14)19-10-12-6-8-16(18)20-12/h1-8H,9-10H2. The summed E-state index contributed by atoms with van der Waals surface area (Å²) >= 11 is 11.0. The van der Waals surface area contributed by atoms with E-state index in [4.69, 9.17) is 16.3 Å². The highest BCUT2D eigenvalue weighted by atomic mass is 79.9. The van der Waals surface area contributed by atoms with Gasteiger partial charge in [-0.15, -0.1) is 11.3 Å². The number of alkyl halides is 1. The predicted octanol–water partition coefficient (Wildman–Crippen LogP) is 6.03. The summed E-state index contributed by atoms with van der Waals surface area (Å²) in [6.07, 6.45) is 0. The van der Waals surface area contributed by atoms with Gasteiger partial charge in [-0.3, -0.25) is 0 Å². The van der Waals surface area contributed by atoms with Gasteiger partial charge in [-0.25, -0.2) is 0 Å². The van der Waals surface area contributed by atoms with Gasteiger partial charge in [-0.05, 0) is 29.0 Å². The number of benzene rings is 2. The highest BCUT2D eigenvalue weighted by Gasteiger charge is 2.08. The third-order valence-corrected chi connectivity index (χ3v) is 4.90. The molecular formula is C16H12BrClOS. The van der Waals surface area contributed by atoms with Crippen molar-refractivity contribution in [2.24, 2.45) is 0 Å². The second kappa shape index (κ2) is 6.17. The highest BCUT2D eigenvalue weighted by molar-refractivity contribution is 9.08. The Morgan fingerprint density at radius 3 is 2.65 bits per heavy atom. The molecule has 0 aliphatic carbocycles. The summed E-state index contributed by atoms with van der Waals surface area (Å²) in [5.41, 5.74) is 1.19. The first-order valence-electron chi connectivity index (χ1n) is 6.21. The van der Waals surface area contributed by atoms with Crippen LogP contribution in [-0.2, 0) is 11.9 Å². The Kier molecular flexibility index (Phi) is 4.29. The maximum absolute atomic E-state index is 5.96. The molecule has 20 heavy (non-hydrogen) atoms. The Bertz CT molecular complexity index is 738. The van der Waals surface area contributed by atoms with E-state index in [1.54, 1.807) is 11.3 Å². The van der Waals surface area contributed by atoms with E-state index in [1.165, 1.54) is 16.3 Å². The van der Waals surface area contributed by atoms with Crippen molar-refractivity contribution in [3.05, 3.63) is 63.3 Å². The molecule has 0 saturated carbocycles. The predicted molar refractivity (Wildman–Crippen MR) is 90.2 cm³/mol. The molecule has 0 N–H and O–H groups in total. The van der Waals surface area contributed by atoms with Crippen LogP contribution in [-0.4, -0.2) is 0 Å². The summed E-state index contributed by atoms with van der Waals surface area (Å²) in [6, 6.07) is 16.4. The lowest BCUT2D eigenvalue weighted by Crippen LogP contribution is -1.96. The van der Waals surface area contributed by atoms with Crippen molar-refractivity contribution in [1.82, 2.24) is 0 Å². The number of hydrogen-bond donors (Lipinski definition) is 0. The SMILES string of the molecule is Clc1ccc(COc2ccc3ccccc3c2CBr)s1. The molecule has 0 spiro atoms. The summed E-state index contributed by atoms with van der Waals surface area (Å²) in [5, 5.41) is 3.23. The Balaban J connectivity index is 1.91. The average molecular weight is 368 g/mol. The number of rotatable bonds is 4. The monoisotopic (exact) mass is 366 g/mol. The topological polar surface area (TPSA) is 9.23 Å². The zero-order valence-corrected chi connectivity index (χ0v) is 13.8. The molecule has 0 radical (unpaired) electrons. The lowest BCUT2D eigenvalue weighted by Gasteiger charge is -2.12. The van der Waals surface area contributed by atoms with E-state index in [0.717, 1.165) is 20.3 Å². The zero-order valence-electron chi connectivity index (χ0n) is 10.6. The molecule has 0 aliphatic heterocycles. The molecule has 0 atom stereocenters. The third-order valence-electron chi connectivity index (χ3n) is 3.13. The van der Waals surface area contributed by atoms with Crippen molar-refractivity contribution in [2.75, 3.05) is 0 Å². The fraction of sp³-hybridized carbons (Fsp3) is 0.125. The Morgan fingerprint density at radius 1 is 1.05 bits per heavy atom. The molecule has 3 aromatic rings. The number of thiophene rings is 1. The van der Waals surface area contributed by atoms with E-state index >= 15 is 0 Å². The van der Waals surface area contributed by atoms with Gasteiger partial charge in [0.2, 0.25) is 0 Å². The van der Waals surface area contributed by atoms with Crippen molar-refractivity contribution >= 4 is 49.6 Å². The molecule has 1 nitrogen and oxygen atoms in total. The summed E-state index contributed by atoms with van der Waals surface area (Å²) in [4.78, 5) is 1.13. The van der Waals surface area contributed by atoms with Crippen LogP contribution >= 0.6 is 38.9 Å². The molecule has 0 bridgehead atoms. The van der Waals surface area contributed by atoms with Crippen LogP contribution < -0.4 is 4.74 Å². The molecule has 0 amide bonds. The van der Waals surface area contributed by atoms with E-state index < -0.39 is 0 Å². The van der Waals surface area contributed by atoms with E-state index in [0.29, 0.717) is 6.61 Å². The van der Waals surface area contributed by atoms with Gasteiger partial charge in [0.15, 0.2) is 0 Å². The van der Waals surface area contributed by atoms with E-state index in [-0.39, 0.29) is 0 Å². The summed E-state index contributed by atoms with van der Waals surface area (Å²) < 4.78 is 6.75. The zero-order chi connectivity index (χ0) is 13.9. The van der Waals surface area contributed by atoms with Crippen molar-refractivity contribution in [3.8, 4) is 5.75 Å². The van der Waals surface area contributed by atoms with Crippen LogP contribution in [0.5, 0.6) is 5.75 Å². The van der Waals surface area contributed by atoms with E-state index in [9.17, 15) is 0 Å². The maximum Gasteiger partial charge on any atom is 0.124 e. The molecule has 1 aromatic heterocycles. The van der Waals surface area contributed by atoms with Gasteiger partial charge in [-0.2, -0.15) is 0 Å². The van der Waals surface area contributed by atoms with Gasteiger partial charge in [0, 0.05) is 15.8 Å². The van der Waals surface area contributed by atoms with Crippen LogP contribution in [0.2, 0.25) is 4.34 Å². The first-order chi connectivity index (χ1) is 9.78. The maximum atomic E-state index is 5.96. The molecule has 0 unspecified atom stereocenters. The third kappa shape index (κ3) is 2.85. The molecule has 2 aromatic carbocycles. The minimum absolute atomic E-state index is 0.551. The van der Waals surface area contributed by atoms with Gasteiger partial charge in [0.25, 0.3) is 0 Å². The van der Waals surface area contributed by atoms with Crippen molar-refractivity contribution in [1.29, 1.82) is 0 Å². The van der Waals surface area contributed by atoms with Gasteiger partial charge in [0.1, 0.15) is 12.4 Å².